The Labute approximate surface area is 89.6 Å². The Morgan fingerprint density at radius 2 is 2.13 bits per heavy atom. The van der Waals surface area contributed by atoms with Gasteiger partial charge in [0.05, 0.1) is 0 Å². The first-order valence-electron chi connectivity index (χ1n) is 5.19. The molecule has 2 unspecified atom stereocenters. The smallest absolute Gasteiger partial charge is 0.412 e. The Morgan fingerprint density at radius 1 is 1.53 bits per heavy atom. The molecule has 1 rings (SSSR count). The molecule has 0 spiro atoms. The first-order chi connectivity index (χ1) is 6.79. The number of ether oxygens (including phenoxy) is 1. The van der Waals surface area contributed by atoms with Gasteiger partial charge in [-0.2, -0.15) is 0 Å². The van der Waals surface area contributed by atoms with E-state index in [1.54, 1.807) is 20.8 Å². The van der Waals surface area contributed by atoms with E-state index >= 15 is 0 Å². The number of rotatable bonds is 0. The first kappa shape index (κ1) is 12.2. The highest BCUT2D eigenvalue weighted by atomic mass is 19.1. The third-order valence-corrected chi connectivity index (χ3v) is 2.20. The van der Waals surface area contributed by atoms with Gasteiger partial charge in [0.25, 0.3) is 0 Å². The van der Waals surface area contributed by atoms with Gasteiger partial charge in [-0.05, 0) is 27.2 Å². The topological polar surface area (TPSA) is 55.6 Å². The van der Waals surface area contributed by atoms with Gasteiger partial charge in [-0.1, -0.05) is 0 Å². The number of hydrogen-bond acceptors (Lipinski definition) is 3. The number of nitrogens with zero attached hydrogens (tertiary/aromatic N) is 1. The van der Waals surface area contributed by atoms with E-state index in [0.717, 1.165) is 4.90 Å². The van der Waals surface area contributed by atoms with E-state index in [1.165, 1.54) is 0 Å². The summed E-state index contributed by atoms with van der Waals surface area (Å²) in [6.45, 7) is 5.60. The van der Waals surface area contributed by atoms with Crippen LogP contribution in [0.4, 0.5) is 9.18 Å². The Kier molecular flexibility index (Phi) is 3.54. The fourth-order valence-electron chi connectivity index (χ4n) is 1.47. The van der Waals surface area contributed by atoms with Crippen molar-refractivity contribution in [1.29, 1.82) is 0 Å². The van der Waals surface area contributed by atoms with Crippen LogP contribution in [-0.4, -0.2) is 35.5 Å². The zero-order valence-electron chi connectivity index (χ0n) is 9.50. The largest absolute Gasteiger partial charge is 0.444 e. The van der Waals surface area contributed by atoms with Crippen molar-refractivity contribution >= 4 is 6.09 Å². The molecule has 4 nitrogen and oxygen atoms in total. The first-order valence-corrected chi connectivity index (χ1v) is 5.19. The molecular weight excluding hydrogens is 199 g/mol. The van der Waals surface area contributed by atoms with Gasteiger partial charge >= 0.3 is 6.09 Å². The van der Waals surface area contributed by atoms with Gasteiger partial charge in [-0.25, -0.2) is 9.18 Å². The molecule has 1 saturated heterocycles. The van der Waals surface area contributed by atoms with Crippen LogP contribution in [0.5, 0.6) is 0 Å². The predicted octanol–water partition coefficient (Wildman–Crippen LogP) is 1.64. The average molecular weight is 218 g/mol. The van der Waals surface area contributed by atoms with Crippen molar-refractivity contribution in [2.45, 2.75) is 51.6 Å². The van der Waals surface area contributed by atoms with E-state index in [9.17, 15) is 9.18 Å². The Morgan fingerprint density at radius 3 is 2.60 bits per heavy atom. The number of nitrogens with two attached hydrogens (primary N) is 1. The molecule has 5 heteroatoms. The van der Waals surface area contributed by atoms with E-state index in [0.29, 0.717) is 13.0 Å². The number of likely N-dealkylation sites (tertiary alicyclic amines) is 1. The number of halogens is 1. The summed E-state index contributed by atoms with van der Waals surface area (Å²) in [5.41, 5.74) is 5.01. The number of alkyl halides is 1. The predicted molar refractivity (Wildman–Crippen MR) is 55.0 cm³/mol. The lowest BCUT2D eigenvalue weighted by Gasteiger charge is -2.34. The van der Waals surface area contributed by atoms with Gasteiger partial charge in [0.15, 0.2) is 6.30 Å². The highest BCUT2D eigenvalue weighted by Crippen LogP contribution is 2.20. The zero-order chi connectivity index (χ0) is 11.6. The van der Waals surface area contributed by atoms with Gasteiger partial charge in [-0.3, -0.25) is 4.90 Å². The fraction of sp³-hybridized carbons (Fsp3) is 0.900. The molecule has 2 atom stereocenters. The molecule has 0 aromatic carbocycles. The summed E-state index contributed by atoms with van der Waals surface area (Å²) in [6, 6.07) is -0.154. The lowest BCUT2D eigenvalue weighted by Crippen LogP contribution is -2.49. The summed E-state index contributed by atoms with van der Waals surface area (Å²) < 4.78 is 18.6. The van der Waals surface area contributed by atoms with E-state index in [-0.39, 0.29) is 12.5 Å². The maximum atomic E-state index is 13.5. The van der Waals surface area contributed by atoms with Crippen LogP contribution in [0.1, 0.15) is 33.6 Å². The quantitative estimate of drug-likeness (QED) is 0.629. The lowest BCUT2D eigenvalue weighted by molar-refractivity contribution is -0.0164. The van der Waals surface area contributed by atoms with E-state index in [2.05, 4.69) is 0 Å². The SMILES string of the molecule is CC(C)(C)OC(=O)N1CCC(N)CC1F. The van der Waals surface area contributed by atoms with Crippen molar-refractivity contribution in [2.75, 3.05) is 6.54 Å². The normalized spacial score (nSPS) is 27.7. The number of amides is 1. The molecule has 0 aromatic heterocycles. The van der Waals surface area contributed by atoms with Crippen molar-refractivity contribution in [2.24, 2.45) is 5.73 Å². The highest BCUT2D eigenvalue weighted by Gasteiger charge is 2.32. The van der Waals surface area contributed by atoms with Crippen LogP contribution in [0.2, 0.25) is 0 Å². The molecule has 1 amide bonds. The minimum atomic E-state index is -1.32. The molecule has 0 bridgehead atoms. The summed E-state index contributed by atoms with van der Waals surface area (Å²) in [7, 11) is 0. The van der Waals surface area contributed by atoms with E-state index in [4.69, 9.17) is 10.5 Å². The zero-order valence-corrected chi connectivity index (χ0v) is 9.50. The Balaban J connectivity index is 2.53. The molecule has 0 aromatic rings. The van der Waals surface area contributed by atoms with Crippen LogP contribution < -0.4 is 5.73 Å². The fourth-order valence-corrected chi connectivity index (χ4v) is 1.47. The summed E-state index contributed by atoms with van der Waals surface area (Å²) in [4.78, 5) is 12.7. The molecule has 1 aliphatic heterocycles. The second kappa shape index (κ2) is 4.35. The second-order valence-corrected chi connectivity index (χ2v) is 4.89. The summed E-state index contributed by atoms with van der Waals surface area (Å²) >= 11 is 0. The van der Waals surface area contributed by atoms with Crippen molar-refractivity contribution in [3.05, 3.63) is 0 Å². The lowest BCUT2D eigenvalue weighted by atomic mass is 10.1. The van der Waals surface area contributed by atoms with Crippen LogP contribution in [0.15, 0.2) is 0 Å². The van der Waals surface area contributed by atoms with Gasteiger partial charge in [0.2, 0.25) is 0 Å². The van der Waals surface area contributed by atoms with E-state index in [1.807, 2.05) is 0 Å². The van der Waals surface area contributed by atoms with Crippen LogP contribution >= 0.6 is 0 Å². The molecular formula is C10H19FN2O2. The van der Waals surface area contributed by atoms with Crippen molar-refractivity contribution in [3.63, 3.8) is 0 Å². The van der Waals surface area contributed by atoms with Gasteiger partial charge in [0.1, 0.15) is 5.60 Å². The highest BCUT2D eigenvalue weighted by molar-refractivity contribution is 5.68. The van der Waals surface area contributed by atoms with Crippen LogP contribution in [0.25, 0.3) is 0 Å². The summed E-state index contributed by atoms with van der Waals surface area (Å²) in [6.07, 6.45) is -1.09. The number of hydrogen-bond donors (Lipinski definition) is 1. The molecule has 0 aliphatic carbocycles. The van der Waals surface area contributed by atoms with Gasteiger partial charge < -0.3 is 10.5 Å². The monoisotopic (exact) mass is 218 g/mol. The molecule has 1 heterocycles. The molecule has 2 N–H and O–H groups in total. The van der Waals surface area contributed by atoms with Crippen LogP contribution in [-0.2, 0) is 4.74 Å². The number of piperidine rings is 1. The number of carbonyl (C=O) groups excluding carboxylic acids is 1. The van der Waals surface area contributed by atoms with E-state index < -0.39 is 18.0 Å². The van der Waals surface area contributed by atoms with Crippen LogP contribution in [0.3, 0.4) is 0 Å². The maximum absolute atomic E-state index is 13.5. The molecule has 88 valence electrons. The average Bonchev–Trinajstić information content (AvgIpc) is 1.99. The standard InChI is InChI=1S/C10H19FN2O2/c1-10(2,3)15-9(14)13-5-4-7(12)6-8(13)11/h7-8H,4-6,12H2,1-3H3. The second-order valence-electron chi connectivity index (χ2n) is 4.89. The maximum Gasteiger partial charge on any atom is 0.412 e. The van der Waals surface area contributed by atoms with Gasteiger partial charge in [-0.15, -0.1) is 0 Å². The third kappa shape index (κ3) is 3.66. The van der Waals surface area contributed by atoms with Crippen molar-refractivity contribution < 1.29 is 13.9 Å². The van der Waals surface area contributed by atoms with Crippen LogP contribution in [0, 0.1) is 0 Å². The minimum Gasteiger partial charge on any atom is -0.444 e. The molecule has 15 heavy (non-hydrogen) atoms. The molecule has 1 aliphatic rings. The minimum absolute atomic E-state index is 0.154. The molecule has 0 saturated carbocycles. The van der Waals surface area contributed by atoms with Crippen molar-refractivity contribution in [3.8, 4) is 0 Å². The van der Waals surface area contributed by atoms with Crippen molar-refractivity contribution in [1.82, 2.24) is 4.90 Å². The Hall–Kier alpha value is -0.840. The summed E-state index contributed by atoms with van der Waals surface area (Å²) in [5.74, 6) is 0. The molecule has 0 radical (unpaired) electrons. The third-order valence-electron chi connectivity index (χ3n) is 2.20. The van der Waals surface area contributed by atoms with Gasteiger partial charge in [0, 0.05) is 19.0 Å². The summed E-state index contributed by atoms with van der Waals surface area (Å²) in [5, 5.41) is 0. The number of carbonyl (C=O) groups is 1. The Bertz CT molecular complexity index is 240. The molecule has 1 fully saturated rings.